The van der Waals surface area contributed by atoms with Crippen molar-refractivity contribution in [3.8, 4) is 11.6 Å². The van der Waals surface area contributed by atoms with Crippen LogP contribution in [0.3, 0.4) is 0 Å². The van der Waals surface area contributed by atoms with E-state index in [2.05, 4.69) is 20.9 Å². The summed E-state index contributed by atoms with van der Waals surface area (Å²) in [6.45, 7) is 0. The van der Waals surface area contributed by atoms with Crippen molar-refractivity contribution in [2.24, 2.45) is 0 Å². The number of hydrogen-bond acceptors (Lipinski definition) is 3. The van der Waals surface area contributed by atoms with E-state index in [1.807, 2.05) is 0 Å². The first-order valence-electron chi connectivity index (χ1n) is 4.60. The quantitative estimate of drug-likeness (QED) is 0.864. The standard InChI is InChI=1S/C11H7BrF2N2O/c12-6-3-9(14)11(16-5-6)17-10-2-1-7(15)4-8(10)13/h1-5H,15H2. The van der Waals surface area contributed by atoms with E-state index in [4.69, 9.17) is 10.5 Å². The van der Waals surface area contributed by atoms with Crippen molar-refractivity contribution in [2.45, 2.75) is 0 Å². The molecule has 3 nitrogen and oxygen atoms in total. The Morgan fingerprint density at radius 1 is 1.18 bits per heavy atom. The summed E-state index contributed by atoms with van der Waals surface area (Å²) in [6, 6.07) is 5.03. The second kappa shape index (κ2) is 4.67. The zero-order chi connectivity index (χ0) is 12.4. The number of halogens is 3. The van der Waals surface area contributed by atoms with E-state index < -0.39 is 11.6 Å². The number of anilines is 1. The molecule has 2 N–H and O–H groups in total. The first-order valence-corrected chi connectivity index (χ1v) is 5.39. The van der Waals surface area contributed by atoms with Crippen molar-refractivity contribution in [1.82, 2.24) is 4.98 Å². The smallest absolute Gasteiger partial charge is 0.256 e. The summed E-state index contributed by atoms with van der Waals surface area (Å²) < 4.78 is 32.2. The van der Waals surface area contributed by atoms with Gasteiger partial charge in [0, 0.05) is 22.4 Å². The number of ether oxygens (including phenoxy) is 1. The Balaban J connectivity index is 2.31. The van der Waals surface area contributed by atoms with Crippen LogP contribution in [0, 0.1) is 11.6 Å². The molecule has 2 rings (SSSR count). The molecule has 0 fully saturated rings. The minimum Gasteiger partial charge on any atom is -0.433 e. The average molecular weight is 301 g/mol. The van der Waals surface area contributed by atoms with Gasteiger partial charge in [0.2, 0.25) is 0 Å². The van der Waals surface area contributed by atoms with Crippen LogP contribution in [0.5, 0.6) is 11.6 Å². The molecule has 17 heavy (non-hydrogen) atoms. The van der Waals surface area contributed by atoms with Crippen LogP contribution in [0.4, 0.5) is 14.5 Å². The number of nitrogens with zero attached hydrogens (tertiary/aromatic N) is 1. The molecule has 1 heterocycles. The predicted octanol–water partition coefficient (Wildman–Crippen LogP) is 3.50. The summed E-state index contributed by atoms with van der Waals surface area (Å²) in [5.74, 6) is -1.78. The fourth-order valence-corrected chi connectivity index (χ4v) is 1.48. The summed E-state index contributed by atoms with van der Waals surface area (Å²) in [5, 5.41) is 0. The number of hydrogen-bond donors (Lipinski definition) is 1. The number of nitrogen functional groups attached to an aromatic ring is 1. The van der Waals surface area contributed by atoms with Crippen molar-refractivity contribution in [3.63, 3.8) is 0 Å². The molecule has 88 valence electrons. The molecule has 0 amide bonds. The monoisotopic (exact) mass is 300 g/mol. The van der Waals surface area contributed by atoms with E-state index >= 15 is 0 Å². The van der Waals surface area contributed by atoms with Crippen molar-refractivity contribution >= 4 is 21.6 Å². The van der Waals surface area contributed by atoms with Gasteiger partial charge in [-0.05, 0) is 34.1 Å². The first kappa shape index (κ1) is 11.8. The lowest BCUT2D eigenvalue weighted by atomic mass is 10.3. The van der Waals surface area contributed by atoms with Crippen molar-refractivity contribution < 1.29 is 13.5 Å². The SMILES string of the molecule is Nc1ccc(Oc2ncc(Br)cc2F)c(F)c1. The van der Waals surface area contributed by atoms with Crippen molar-refractivity contribution in [1.29, 1.82) is 0 Å². The molecule has 0 atom stereocenters. The number of rotatable bonds is 2. The molecule has 0 aliphatic rings. The fraction of sp³-hybridized carbons (Fsp3) is 0. The average Bonchev–Trinajstić information content (AvgIpc) is 2.25. The minimum absolute atomic E-state index is 0.132. The zero-order valence-electron chi connectivity index (χ0n) is 8.45. The van der Waals surface area contributed by atoms with Crippen LogP contribution >= 0.6 is 15.9 Å². The van der Waals surface area contributed by atoms with Gasteiger partial charge in [-0.2, -0.15) is 0 Å². The molecule has 0 saturated heterocycles. The summed E-state index contributed by atoms with van der Waals surface area (Å²) in [6.07, 6.45) is 1.35. The molecule has 0 aliphatic heterocycles. The summed E-state index contributed by atoms with van der Waals surface area (Å²) in [5.41, 5.74) is 5.64. The summed E-state index contributed by atoms with van der Waals surface area (Å²) in [4.78, 5) is 3.69. The van der Waals surface area contributed by atoms with Crippen LogP contribution in [0.15, 0.2) is 34.9 Å². The highest BCUT2D eigenvalue weighted by atomic mass is 79.9. The van der Waals surface area contributed by atoms with E-state index in [0.29, 0.717) is 4.47 Å². The predicted molar refractivity (Wildman–Crippen MR) is 62.8 cm³/mol. The lowest BCUT2D eigenvalue weighted by molar-refractivity contribution is 0.398. The second-order valence-electron chi connectivity index (χ2n) is 3.23. The Bertz CT molecular complexity index is 514. The summed E-state index contributed by atoms with van der Waals surface area (Å²) >= 11 is 3.06. The van der Waals surface area contributed by atoms with Gasteiger partial charge in [0.15, 0.2) is 17.4 Å². The van der Waals surface area contributed by atoms with Crippen molar-refractivity contribution in [3.05, 3.63) is 46.6 Å². The fourth-order valence-electron chi connectivity index (χ4n) is 1.18. The van der Waals surface area contributed by atoms with Gasteiger partial charge in [-0.15, -0.1) is 0 Å². The molecule has 6 heteroatoms. The van der Waals surface area contributed by atoms with Crippen LogP contribution in [-0.4, -0.2) is 4.98 Å². The van der Waals surface area contributed by atoms with Gasteiger partial charge in [0.1, 0.15) is 0 Å². The lowest BCUT2D eigenvalue weighted by Gasteiger charge is -2.07. The molecule has 0 spiro atoms. The van der Waals surface area contributed by atoms with Gasteiger partial charge < -0.3 is 10.5 Å². The molecule has 0 aliphatic carbocycles. The number of benzene rings is 1. The van der Waals surface area contributed by atoms with Crippen LogP contribution < -0.4 is 10.5 Å². The third-order valence-corrected chi connectivity index (χ3v) is 2.37. The van der Waals surface area contributed by atoms with Crippen LogP contribution in [0.2, 0.25) is 0 Å². The minimum atomic E-state index is -0.685. The maximum absolute atomic E-state index is 13.4. The molecule has 0 unspecified atom stereocenters. The first-order chi connectivity index (χ1) is 8.06. The molecule has 1 aromatic carbocycles. The number of pyridine rings is 1. The Morgan fingerprint density at radius 3 is 2.59 bits per heavy atom. The van der Waals surface area contributed by atoms with E-state index in [1.54, 1.807) is 0 Å². The van der Waals surface area contributed by atoms with Gasteiger partial charge in [-0.1, -0.05) is 0 Å². The number of aromatic nitrogens is 1. The zero-order valence-corrected chi connectivity index (χ0v) is 10.0. The maximum atomic E-state index is 13.4. The molecular formula is C11H7BrF2N2O. The van der Waals surface area contributed by atoms with E-state index in [1.165, 1.54) is 24.4 Å². The second-order valence-corrected chi connectivity index (χ2v) is 4.15. The summed E-state index contributed by atoms with van der Waals surface area (Å²) in [7, 11) is 0. The Kier molecular flexibility index (Phi) is 3.23. The highest BCUT2D eigenvalue weighted by Gasteiger charge is 2.10. The van der Waals surface area contributed by atoms with Gasteiger partial charge in [-0.3, -0.25) is 0 Å². The van der Waals surface area contributed by atoms with Crippen LogP contribution in [0.1, 0.15) is 0 Å². The Morgan fingerprint density at radius 2 is 1.94 bits per heavy atom. The topological polar surface area (TPSA) is 48.1 Å². The number of nitrogens with two attached hydrogens (primary N) is 1. The van der Waals surface area contributed by atoms with Gasteiger partial charge >= 0.3 is 0 Å². The van der Waals surface area contributed by atoms with Gasteiger partial charge in [-0.25, -0.2) is 13.8 Å². The largest absolute Gasteiger partial charge is 0.433 e. The van der Waals surface area contributed by atoms with E-state index in [0.717, 1.165) is 6.07 Å². The molecule has 2 aromatic rings. The third-order valence-electron chi connectivity index (χ3n) is 1.94. The van der Waals surface area contributed by atoms with Crippen LogP contribution in [-0.2, 0) is 0 Å². The van der Waals surface area contributed by atoms with E-state index in [9.17, 15) is 8.78 Å². The van der Waals surface area contributed by atoms with E-state index in [-0.39, 0.29) is 17.3 Å². The lowest BCUT2D eigenvalue weighted by Crippen LogP contribution is -1.95. The molecule has 0 radical (unpaired) electrons. The third kappa shape index (κ3) is 2.71. The molecular weight excluding hydrogens is 294 g/mol. The molecule has 0 bridgehead atoms. The highest BCUT2D eigenvalue weighted by Crippen LogP contribution is 2.27. The van der Waals surface area contributed by atoms with Crippen molar-refractivity contribution in [2.75, 3.05) is 5.73 Å². The Hall–Kier alpha value is -1.69. The van der Waals surface area contributed by atoms with Crippen LogP contribution in [0.25, 0.3) is 0 Å². The van der Waals surface area contributed by atoms with Gasteiger partial charge in [0.05, 0.1) is 0 Å². The molecule has 1 aromatic heterocycles. The maximum Gasteiger partial charge on any atom is 0.256 e. The Labute approximate surface area is 104 Å². The highest BCUT2D eigenvalue weighted by molar-refractivity contribution is 9.10. The molecule has 0 saturated carbocycles. The normalized spacial score (nSPS) is 10.3. The van der Waals surface area contributed by atoms with Gasteiger partial charge in [0.25, 0.3) is 5.88 Å².